The lowest BCUT2D eigenvalue weighted by molar-refractivity contribution is 0.434. The lowest BCUT2D eigenvalue weighted by Gasteiger charge is -2.30. The Morgan fingerprint density at radius 3 is 2.73 bits per heavy atom. The summed E-state index contributed by atoms with van der Waals surface area (Å²) in [5.41, 5.74) is 0.742. The van der Waals surface area contributed by atoms with E-state index in [1.54, 1.807) is 24.4 Å². The van der Waals surface area contributed by atoms with Crippen LogP contribution in [0.15, 0.2) is 30.5 Å². The molecule has 4 nitrogen and oxygen atoms in total. The van der Waals surface area contributed by atoms with Crippen LogP contribution in [0, 0.1) is 5.92 Å². The van der Waals surface area contributed by atoms with Crippen molar-refractivity contribution in [1.82, 2.24) is 9.97 Å². The zero-order valence-corrected chi connectivity index (χ0v) is 13.9. The van der Waals surface area contributed by atoms with E-state index in [0.29, 0.717) is 15.9 Å². The number of anilines is 3. The lowest BCUT2D eigenvalue weighted by atomic mass is 10.00. The SMILES string of the molecule is CC1CCN(c2nccc(Nc3cc(Cl)ccc3Cl)n2)CC1. The molecule has 1 aromatic heterocycles. The molecule has 22 heavy (non-hydrogen) atoms. The molecule has 0 amide bonds. The van der Waals surface area contributed by atoms with Gasteiger partial charge in [0.05, 0.1) is 10.7 Å². The first-order valence-corrected chi connectivity index (χ1v) is 8.17. The van der Waals surface area contributed by atoms with E-state index in [9.17, 15) is 0 Å². The molecule has 0 radical (unpaired) electrons. The van der Waals surface area contributed by atoms with Crippen molar-refractivity contribution in [3.8, 4) is 0 Å². The van der Waals surface area contributed by atoms with Gasteiger partial charge in [-0.2, -0.15) is 4.98 Å². The smallest absolute Gasteiger partial charge is 0.227 e. The third kappa shape index (κ3) is 3.62. The molecule has 2 aromatic rings. The van der Waals surface area contributed by atoms with Crippen LogP contribution in [0.1, 0.15) is 19.8 Å². The van der Waals surface area contributed by atoms with Crippen LogP contribution >= 0.6 is 23.2 Å². The first kappa shape index (κ1) is 15.4. The van der Waals surface area contributed by atoms with Gasteiger partial charge in [0.25, 0.3) is 0 Å². The second-order valence-electron chi connectivity index (χ2n) is 5.66. The highest BCUT2D eigenvalue weighted by Gasteiger charge is 2.18. The van der Waals surface area contributed by atoms with Gasteiger partial charge in [-0.05, 0) is 43.0 Å². The second kappa shape index (κ2) is 6.71. The number of piperidine rings is 1. The Labute approximate surface area is 140 Å². The number of hydrogen-bond donors (Lipinski definition) is 1. The van der Waals surface area contributed by atoms with Crippen molar-refractivity contribution in [2.24, 2.45) is 5.92 Å². The molecule has 0 bridgehead atoms. The molecule has 2 heterocycles. The fraction of sp³-hybridized carbons (Fsp3) is 0.375. The Balaban J connectivity index is 1.78. The zero-order chi connectivity index (χ0) is 15.5. The minimum absolute atomic E-state index is 0.608. The molecule has 1 fully saturated rings. The maximum atomic E-state index is 6.18. The lowest BCUT2D eigenvalue weighted by Crippen LogP contribution is -2.34. The van der Waals surface area contributed by atoms with Crippen molar-refractivity contribution in [2.45, 2.75) is 19.8 Å². The first-order valence-electron chi connectivity index (χ1n) is 7.42. The molecule has 6 heteroatoms. The highest BCUT2D eigenvalue weighted by Crippen LogP contribution is 2.28. The van der Waals surface area contributed by atoms with E-state index < -0.39 is 0 Å². The van der Waals surface area contributed by atoms with Crippen LogP contribution in [0.2, 0.25) is 10.0 Å². The number of nitrogens with one attached hydrogen (secondary N) is 1. The Morgan fingerprint density at radius 2 is 1.95 bits per heavy atom. The molecule has 0 saturated carbocycles. The fourth-order valence-electron chi connectivity index (χ4n) is 2.51. The summed E-state index contributed by atoms with van der Waals surface area (Å²) in [6.45, 7) is 4.29. The summed E-state index contributed by atoms with van der Waals surface area (Å²) in [4.78, 5) is 11.2. The quantitative estimate of drug-likeness (QED) is 0.876. The number of aromatic nitrogens is 2. The maximum absolute atomic E-state index is 6.18. The number of halogens is 2. The highest BCUT2D eigenvalue weighted by atomic mass is 35.5. The van der Waals surface area contributed by atoms with E-state index in [1.807, 2.05) is 6.07 Å². The summed E-state index contributed by atoms with van der Waals surface area (Å²) in [5, 5.41) is 4.45. The number of rotatable bonds is 3. The average Bonchev–Trinajstić information content (AvgIpc) is 2.52. The average molecular weight is 337 g/mol. The minimum atomic E-state index is 0.608. The third-order valence-electron chi connectivity index (χ3n) is 3.90. The zero-order valence-electron chi connectivity index (χ0n) is 12.4. The van der Waals surface area contributed by atoms with Crippen LogP contribution in [0.4, 0.5) is 17.5 Å². The van der Waals surface area contributed by atoms with Crippen molar-refractivity contribution in [3.05, 3.63) is 40.5 Å². The van der Waals surface area contributed by atoms with Crippen molar-refractivity contribution >= 4 is 40.7 Å². The Morgan fingerprint density at radius 1 is 1.18 bits per heavy atom. The minimum Gasteiger partial charge on any atom is -0.341 e. The number of nitrogens with zero attached hydrogens (tertiary/aromatic N) is 3. The van der Waals surface area contributed by atoms with E-state index in [4.69, 9.17) is 23.2 Å². The molecule has 1 saturated heterocycles. The summed E-state index contributed by atoms with van der Waals surface area (Å²) in [6, 6.07) is 7.14. The maximum Gasteiger partial charge on any atom is 0.227 e. The molecule has 1 aliphatic heterocycles. The van der Waals surface area contributed by atoms with Crippen LogP contribution in [-0.2, 0) is 0 Å². The van der Waals surface area contributed by atoms with E-state index in [-0.39, 0.29) is 0 Å². The van der Waals surface area contributed by atoms with Crippen molar-refractivity contribution < 1.29 is 0 Å². The van der Waals surface area contributed by atoms with Crippen molar-refractivity contribution in [3.63, 3.8) is 0 Å². The standard InChI is InChI=1S/C16H18Cl2N4/c1-11-5-8-22(9-6-11)16-19-7-4-15(21-16)20-14-10-12(17)2-3-13(14)18/h2-4,7,10-11H,5-6,8-9H2,1H3,(H,19,20,21). The van der Waals surface area contributed by atoms with Gasteiger partial charge in [-0.15, -0.1) is 0 Å². The molecule has 0 atom stereocenters. The normalized spacial score (nSPS) is 15.9. The van der Waals surface area contributed by atoms with Gasteiger partial charge in [0, 0.05) is 24.3 Å². The van der Waals surface area contributed by atoms with E-state index >= 15 is 0 Å². The number of benzene rings is 1. The number of hydrogen-bond acceptors (Lipinski definition) is 4. The van der Waals surface area contributed by atoms with E-state index in [0.717, 1.165) is 30.6 Å². The Hall–Kier alpha value is -1.52. The summed E-state index contributed by atoms with van der Waals surface area (Å²) in [5.74, 6) is 2.26. The van der Waals surface area contributed by atoms with Crippen molar-refractivity contribution in [1.29, 1.82) is 0 Å². The van der Waals surface area contributed by atoms with Gasteiger partial charge < -0.3 is 10.2 Å². The molecule has 1 N–H and O–H groups in total. The summed E-state index contributed by atoms with van der Waals surface area (Å²) < 4.78 is 0. The fourth-order valence-corrected chi connectivity index (χ4v) is 2.85. The monoisotopic (exact) mass is 336 g/mol. The van der Waals surface area contributed by atoms with Gasteiger partial charge in [0.1, 0.15) is 5.82 Å². The molecule has 0 spiro atoms. The summed E-state index contributed by atoms with van der Waals surface area (Å²) in [7, 11) is 0. The molecule has 1 aliphatic rings. The van der Waals surface area contributed by atoms with Crippen LogP contribution < -0.4 is 10.2 Å². The predicted molar refractivity (Wildman–Crippen MR) is 92.4 cm³/mol. The summed E-state index contributed by atoms with van der Waals surface area (Å²) >= 11 is 12.2. The van der Waals surface area contributed by atoms with Gasteiger partial charge in [-0.3, -0.25) is 0 Å². The van der Waals surface area contributed by atoms with Gasteiger partial charge in [-0.1, -0.05) is 30.1 Å². The Bertz CT molecular complexity index is 654. The van der Waals surface area contributed by atoms with Crippen LogP contribution in [0.3, 0.4) is 0 Å². The molecule has 1 aromatic carbocycles. The topological polar surface area (TPSA) is 41.1 Å². The largest absolute Gasteiger partial charge is 0.341 e. The van der Waals surface area contributed by atoms with Gasteiger partial charge in [-0.25, -0.2) is 4.98 Å². The molecular formula is C16H18Cl2N4. The molecular weight excluding hydrogens is 319 g/mol. The molecule has 3 rings (SSSR count). The molecule has 0 aliphatic carbocycles. The summed E-state index contributed by atoms with van der Waals surface area (Å²) in [6.07, 6.45) is 4.13. The van der Waals surface area contributed by atoms with Gasteiger partial charge in [0.15, 0.2) is 0 Å². The van der Waals surface area contributed by atoms with Crippen LogP contribution in [0.5, 0.6) is 0 Å². The van der Waals surface area contributed by atoms with Crippen LogP contribution in [0.25, 0.3) is 0 Å². The van der Waals surface area contributed by atoms with Crippen molar-refractivity contribution in [2.75, 3.05) is 23.3 Å². The second-order valence-corrected chi connectivity index (χ2v) is 6.50. The first-order chi connectivity index (χ1) is 10.6. The van der Waals surface area contributed by atoms with Gasteiger partial charge in [0.2, 0.25) is 5.95 Å². The third-order valence-corrected chi connectivity index (χ3v) is 4.47. The van der Waals surface area contributed by atoms with Gasteiger partial charge >= 0.3 is 0 Å². The van der Waals surface area contributed by atoms with Crippen LogP contribution in [-0.4, -0.2) is 23.1 Å². The molecule has 116 valence electrons. The van der Waals surface area contributed by atoms with E-state index in [2.05, 4.69) is 27.1 Å². The highest BCUT2D eigenvalue weighted by molar-refractivity contribution is 6.35. The molecule has 0 unspecified atom stereocenters. The van der Waals surface area contributed by atoms with E-state index in [1.165, 1.54) is 12.8 Å². The predicted octanol–water partition coefficient (Wildman–Crippen LogP) is 4.76. The Kier molecular flexibility index (Phi) is 4.69.